The van der Waals surface area contributed by atoms with Crippen LogP contribution in [0.3, 0.4) is 0 Å². The number of pyridine rings is 1. The Labute approximate surface area is 163 Å². The number of aromatic nitrogens is 1. The van der Waals surface area contributed by atoms with Gasteiger partial charge >= 0.3 is 5.97 Å². The summed E-state index contributed by atoms with van der Waals surface area (Å²) in [6.45, 7) is 0.994. The van der Waals surface area contributed by atoms with Crippen LogP contribution in [0.15, 0.2) is 85.2 Å². The summed E-state index contributed by atoms with van der Waals surface area (Å²) >= 11 is 0. The highest BCUT2D eigenvalue weighted by atomic mass is 79.9. The Balaban J connectivity index is 0.00000243. The van der Waals surface area contributed by atoms with Gasteiger partial charge in [0.2, 0.25) is 6.54 Å². The minimum absolute atomic E-state index is 0. The summed E-state index contributed by atoms with van der Waals surface area (Å²) in [7, 11) is 0. The van der Waals surface area contributed by atoms with Gasteiger partial charge in [0.05, 0.1) is 0 Å². The molecule has 0 unspecified atom stereocenters. The quantitative estimate of drug-likeness (QED) is 0.413. The van der Waals surface area contributed by atoms with Crippen LogP contribution in [0.1, 0.15) is 11.1 Å². The summed E-state index contributed by atoms with van der Waals surface area (Å²) in [6.07, 6.45) is 3.67. The Kier molecular flexibility index (Phi) is 7.83. The highest BCUT2D eigenvalue weighted by molar-refractivity contribution is 5.67. The Morgan fingerprint density at radius 2 is 1.38 bits per heavy atom. The van der Waals surface area contributed by atoms with Crippen molar-refractivity contribution in [1.29, 1.82) is 0 Å². The summed E-state index contributed by atoms with van der Waals surface area (Å²) in [5.41, 5.74) is 2.05. The first-order valence-electron chi connectivity index (χ1n) is 8.15. The van der Waals surface area contributed by atoms with Crippen molar-refractivity contribution >= 4 is 5.97 Å². The average molecular weight is 414 g/mol. The Morgan fingerprint density at radius 1 is 0.769 bits per heavy atom. The molecule has 0 aliphatic rings. The maximum absolute atomic E-state index is 11.8. The molecule has 0 saturated heterocycles. The van der Waals surface area contributed by atoms with Gasteiger partial charge in [-0.3, -0.25) is 0 Å². The number of carbonyl (C=O) groups is 1. The first-order chi connectivity index (χ1) is 12.3. The maximum atomic E-state index is 11.8. The number of halogens is 1. The second kappa shape index (κ2) is 10.4. The molecule has 0 bridgehead atoms. The molecule has 26 heavy (non-hydrogen) atoms. The van der Waals surface area contributed by atoms with Gasteiger partial charge in [-0.25, -0.2) is 4.79 Å². The second-order valence-corrected chi connectivity index (χ2v) is 5.63. The predicted octanol–water partition coefficient (Wildman–Crippen LogP) is 0.300. The Morgan fingerprint density at radius 3 is 2.08 bits per heavy atom. The van der Waals surface area contributed by atoms with Gasteiger partial charge in [-0.1, -0.05) is 48.5 Å². The summed E-state index contributed by atoms with van der Waals surface area (Å²) < 4.78 is 12.8. The van der Waals surface area contributed by atoms with Crippen molar-refractivity contribution in [3.63, 3.8) is 0 Å². The zero-order valence-electron chi connectivity index (χ0n) is 14.3. The fraction of sp³-hybridized carbons (Fsp3) is 0.143. The van der Waals surface area contributed by atoms with Crippen LogP contribution < -0.4 is 26.3 Å². The van der Waals surface area contributed by atoms with Gasteiger partial charge in [-0.15, -0.1) is 0 Å². The lowest BCUT2D eigenvalue weighted by Gasteiger charge is -2.07. The van der Waals surface area contributed by atoms with Crippen LogP contribution >= 0.6 is 0 Å². The van der Waals surface area contributed by atoms with Crippen molar-refractivity contribution in [2.45, 2.75) is 19.8 Å². The largest absolute Gasteiger partial charge is 1.00 e. The minimum Gasteiger partial charge on any atom is -1.00 e. The van der Waals surface area contributed by atoms with E-state index in [-0.39, 0.29) is 36.1 Å². The monoisotopic (exact) mass is 413 g/mol. The van der Waals surface area contributed by atoms with Gasteiger partial charge in [0, 0.05) is 12.1 Å². The third-order valence-electron chi connectivity index (χ3n) is 3.66. The van der Waals surface area contributed by atoms with Crippen LogP contribution in [0.5, 0.6) is 5.75 Å². The summed E-state index contributed by atoms with van der Waals surface area (Å²) in [5, 5.41) is 0. The van der Waals surface area contributed by atoms with E-state index in [0.29, 0.717) is 6.61 Å². The van der Waals surface area contributed by atoms with E-state index < -0.39 is 0 Å². The van der Waals surface area contributed by atoms with Crippen LogP contribution in [-0.2, 0) is 29.3 Å². The van der Waals surface area contributed by atoms with Crippen LogP contribution in [0.2, 0.25) is 0 Å². The van der Waals surface area contributed by atoms with E-state index in [1.165, 1.54) is 0 Å². The molecule has 5 heteroatoms. The molecule has 0 atom stereocenters. The van der Waals surface area contributed by atoms with Crippen molar-refractivity contribution in [2.75, 3.05) is 0 Å². The van der Waals surface area contributed by atoms with Gasteiger partial charge in [-0.05, 0) is 23.3 Å². The lowest BCUT2D eigenvalue weighted by atomic mass is 10.2. The topological polar surface area (TPSA) is 39.4 Å². The molecule has 134 valence electrons. The first-order valence-corrected chi connectivity index (χ1v) is 8.15. The van der Waals surface area contributed by atoms with E-state index >= 15 is 0 Å². The molecule has 0 amide bonds. The van der Waals surface area contributed by atoms with Gasteiger partial charge in [-0.2, -0.15) is 4.57 Å². The highest BCUT2D eigenvalue weighted by Gasteiger charge is 2.10. The fourth-order valence-electron chi connectivity index (χ4n) is 2.32. The molecular weight excluding hydrogens is 394 g/mol. The van der Waals surface area contributed by atoms with Crippen molar-refractivity contribution in [3.05, 3.63) is 96.3 Å². The number of benzene rings is 2. The van der Waals surface area contributed by atoms with Crippen LogP contribution in [-0.4, -0.2) is 5.97 Å². The molecule has 3 aromatic rings. The number of ether oxygens (including phenoxy) is 2. The third kappa shape index (κ3) is 6.33. The Hall–Kier alpha value is -2.66. The normalized spacial score (nSPS) is 9.85. The van der Waals surface area contributed by atoms with Crippen LogP contribution in [0.25, 0.3) is 0 Å². The van der Waals surface area contributed by atoms with Crippen molar-refractivity contribution < 1.29 is 35.8 Å². The van der Waals surface area contributed by atoms with E-state index in [1.807, 2.05) is 85.2 Å². The summed E-state index contributed by atoms with van der Waals surface area (Å²) in [5.74, 6) is 0.527. The third-order valence-corrected chi connectivity index (χ3v) is 3.66. The molecule has 2 aromatic carbocycles. The van der Waals surface area contributed by atoms with Crippen LogP contribution in [0, 0.1) is 0 Å². The van der Waals surface area contributed by atoms with Gasteiger partial charge < -0.3 is 26.5 Å². The lowest BCUT2D eigenvalue weighted by molar-refractivity contribution is -0.686. The molecule has 0 saturated carbocycles. The van der Waals surface area contributed by atoms with Crippen LogP contribution in [0.4, 0.5) is 0 Å². The van der Waals surface area contributed by atoms with Gasteiger partial charge in [0.25, 0.3) is 0 Å². The lowest BCUT2D eigenvalue weighted by Crippen LogP contribution is -3.00. The molecule has 1 heterocycles. The standard InChI is InChI=1S/C21H20NO3.BrH/c23-21(15-22-13-5-2-6-14-22)25-17-19-9-11-20(12-10-19)24-16-18-7-3-1-4-8-18;/h1-14H,15-17H2;1H/q+1;/p-1. The van der Waals surface area contributed by atoms with E-state index in [0.717, 1.165) is 16.9 Å². The number of rotatable bonds is 7. The minimum atomic E-state index is -0.263. The summed E-state index contributed by atoms with van der Waals surface area (Å²) in [4.78, 5) is 11.8. The van der Waals surface area contributed by atoms with E-state index in [1.54, 1.807) is 4.57 Å². The molecule has 0 N–H and O–H groups in total. The molecule has 0 radical (unpaired) electrons. The van der Waals surface area contributed by atoms with Crippen molar-refractivity contribution in [2.24, 2.45) is 0 Å². The molecule has 0 aliphatic carbocycles. The number of nitrogens with zero attached hydrogens (tertiary/aromatic N) is 1. The zero-order chi connectivity index (χ0) is 17.3. The van der Waals surface area contributed by atoms with Gasteiger partial charge in [0.15, 0.2) is 12.4 Å². The summed E-state index contributed by atoms with van der Waals surface area (Å²) in [6, 6.07) is 23.3. The second-order valence-electron chi connectivity index (χ2n) is 5.63. The van der Waals surface area contributed by atoms with E-state index in [2.05, 4.69) is 0 Å². The highest BCUT2D eigenvalue weighted by Crippen LogP contribution is 2.14. The number of hydrogen-bond acceptors (Lipinski definition) is 3. The number of hydrogen-bond donors (Lipinski definition) is 0. The number of esters is 1. The van der Waals surface area contributed by atoms with Gasteiger partial charge in [0.1, 0.15) is 19.0 Å². The molecule has 4 nitrogen and oxygen atoms in total. The SMILES string of the molecule is O=C(C[n+]1ccccc1)OCc1ccc(OCc2ccccc2)cc1.[Br-]. The molecule has 0 spiro atoms. The molecular formula is C21H20BrNO3. The molecule has 1 aromatic heterocycles. The zero-order valence-corrected chi connectivity index (χ0v) is 15.8. The molecule has 0 fully saturated rings. The smallest absolute Gasteiger partial charge is 0.373 e. The van der Waals surface area contributed by atoms with E-state index in [4.69, 9.17) is 9.47 Å². The van der Waals surface area contributed by atoms with Crippen molar-refractivity contribution in [3.8, 4) is 5.75 Å². The maximum Gasteiger partial charge on any atom is 0.373 e. The van der Waals surface area contributed by atoms with E-state index in [9.17, 15) is 4.79 Å². The Bertz CT molecular complexity index is 793. The molecule has 0 aliphatic heterocycles. The average Bonchev–Trinajstić information content (AvgIpc) is 2.67. The predicted molar refractivity (Wildman–Crippen MR) is 93.6 cm³/mol. The first kappa shape index (κ1) is 19.7. The molecule has 3 rings (SSSR count). The number of carbonyl (C=O) groups excluding carboxylic acids is 1. The fourth-order valence-corrected chi connectivity index (χ4v) is 2.32. The van der Waals surface area contributed by atoms with Crippen molar-refractivity contribution in [1.82, 2.24) is 0 Å².